The number of nitrogens with two attached hydrogens (primary N) is 1. The van der Waals surface area contributed by atoms with Gasteiger partial charge in [0, 0.05) is 0 Å². The summed E-state index contributed by atoms with van der Waals surface area (Å²) >= 11 is 0. The van der Waals surface area contributed by atoms with Gasteiger partial charge in [-0.15, -0.1) is 0 Å². The minimum Gasteiger partial charge on any atom is -0.377 e. The van der Waals surface area contributed by atoms with Crippen LogP contribution in [0.15, 0.2) is 36.4 Å². The van der Waals surface area contributed by atoms with Crippen molar-refractivity contribution in [2.45, 2.75) is 5.54 Å². The molecule has 1 heterocycles. The summed E-state index contributed by atoms with van der Waals surface area (Å²) in [5, 5.41) is 0. The fourth-order valence-corrected chi connectivity index (χ4v) is 1.26. The number of ether oxygens (including phenoxy) is 1. The minimum atomic E-state index is -0.226. The highest BCUT2D eigenvalue weighted by molar-refractivity contribution is 5.50. The van der Waals surface area contributed by atoms with Crippen molar-refractivity contribution in [1.82, 2.24) is 0 Å². The van der Waals surface area contributed by atoms with Crippen LogP contribution in [0.1, 0.15) is 5.56 Å². The lowest BCUT2D eigenvalue weighted by Gasteiger charge is -2.34. The number of benzene rings is 1. The fourth-order valence-electron chi connectivity index (χ4n) is 1.26. The van der Waals surface area contributed by atoms with Crippen LogP contribution in [0.25, 0.3) is 6.08 Å². The van der Waals surface area contributed by atoms with E-state index in [0.29, 0.717) is 13.2 Å². The molecule has 1 saturated heterocycles. The Hall–Kier alpha value is -1.12. The van der Waals surface area contributed by atoms with Crippen LogP contribution in [0.5, 0.6) is 0 Å². The fraction of sp³-hybridized carbons (Fsp3) is 0.273. The maximum Gasteiger partial charge on any atom is 0.0817 e. The summed E-state index contributed by atoms with van der Waals surface area (Å²) in [7, 11) is 0. The van der Waals surface area contributed by atoms with Crippen LogP contribution in [0.3, 0.4) is 0 Å². The van der Waals surface area contributed by atoms with Gasteiger partial charge in [-0.1, -0.05) is 42.5 Å². The normalized spacial score (nSPS) is 20.1. The number of hydrogen-bond acceptors (Lipinski definition) is 2. The molecule has 2 rings (SSSR count). The highest BCUT2D eigenvalue weighted by Gasteiger charge is 2.30. The van der Waals surface area contributed by atoms with E-state index in [1.54, 1.807) is 0 Å². The van der Waals surface area contributed by atoms with Gasteiger partial charge < -0.3 is 10.5 Å². The van der Waals surface area contributed by atoms with Gasteiger partial charge in [0.15, 0.2) is 0 Å². The van der Waals surface area contributed by atoms with E-state index in [1.165, 1.54) is 5.56 Å². The van der Waals surface area contributed by atoms with Crippen molar-refractivity contribution in [3.05, 3.63) is 42.0 Å². The second kappa shape index (κ2) is 3.32. The lowest BCUT2D eigenvalue weighted by atomic mass is 9.97. The molecule has 1 aliphatic heterocycles. The Bertz CT molecular complexity index is 301. The maximum atomic E-state index is 5.94. The Balaban J connectivity index is 2.05. The molecule has 0 spiro atoms. The lowest BCUT2D eigenvalue weighted by molar-refractivity contribution is -0.0275. The van der Waals surface area contributed by atoms with Gasteiger partial charge in [-0.05, 0) is 5.56 Å². The molecule has 1 aromatic carbocycles. The SMILES string of the molecule is NC1(C=Cc2ccccc2)COC1. The van der Waals surface area contributed by atoms with Crippen LogP contribution in [0.2, 0.25) is 0 Å². The molecule has 2 heteroatoms. The molecule has 0 bridgehead atoms. The summed E-state index contributed by atoms with van der Waals surface area (Å²) in [5.41, 5.74) is 6.89. The smallest absolute Gasteiger partial charge is 0.0817 e. The predicted molar refractivity (Wildman–Crippen MR) is 53.2 cm³/mol. The lowest BCUT2D eigenvalue weighted by Crippen LogP contribution is -2.55. The number of rotatable bonds is 2. The highest BCUT2D eigenvalue weighted by Crippen LogP contribution is 2.16. The third-order valence-corrected chi connectivity index (χ3v) is 2.15. The van der Waals surface area contributed by atoms with Crippen LogP contribution < -0.4 is 5.73 Å². The van der Waals surface area contributed by atoms with E-state index in [4.69, 9.17) is 10.5 Å². The van der Waals surface area contributed by atoms with Gasteiger partial charge in [-0.3, -0.25) is 0 Å². The standard InChI is InChI=1S/C11H13NO/c12-11(8-13-9-11)7-6-10-4-2-1-3-5-10/h1-7H,8-9,12H2. The molecule has 0 unspecified atom stereocenters. The van der Waals surface area contributed by atoms with E-state index in [-0.39, 0.29) is 5.54 Å². The summed E-state index contributed by atoms with van der Waals surface area (Å²) < 4.78 is 5.05. The van der Waals surface area contributed by atoms with E-state index >= 15 is 0 Å². The molecule has 0 atom stereocenters. The first-order valence-electron chi connectivity index (χ1n) is 4.39. The van der Waals surface area contributed by atoms with E-state index in [2.05, 4.69) is 12.1 Å². The molecular formula is C11H13NO. The van der Waals surface area contributed by atoms with Gasteiger partial charge in [0.1, 0.15) is 0 Å². The Morgan fingerprint density at radius 1 is 1.23 bits per heavy atom. The van der Waals surface area contributed by atoms with Crippen LogP contribution in [0, 0.1) is 0 Å². The minimum absolute atomic E-state index is 0.226. The molecule has 13 heavy (non-hydrogen) atoms. The number of hydrogen-bond donors (Lipinski definition) is 1. The third kappa shape index (κ3) is 1.97. The zero-order valence-corrected chi connectivity index (χ0v) is 7.44. The Morgan fingerprint density at radius 2 is 1.92 bits per heavy atom. The monoisotopic (exact) mass is 175 g/mol. The quantitative estimate of drug-likeness (QED) is 0.738. The van der Waals surface area contributed by atoms with Gasteiger partial charge in [0.05, 0.1) is 18.8 Å². The van der Waals surface area contributed by atoms with Crippen molar-refractivity contribution < 1.29 is 4.74 Å². The van der Waals surface area contributed by atoms with Gasteiger partial charge >= 0.3 is 0 Å². The summed E-state index contributed by atoms with van der Waals surface area (Å²) in [5.74, 6) is 0. The van der Waals surface area contributed by atoms with Gasteiger partial charge in [0.25, 0.3) is 0 Å². The third-order valence-electron chi connectivity index (χ3n) is 2.15. The van der Waals surface area contributed by atoms with Crippen LogP contribution in [0.4, 0.5) is 0 Å². The summed E-state index contributed by atoms with van der Waals surface area (Å²) in [6, 6.07) is 10.1. The molecule has 1 aromatic rings. The van der Waals surface area contributed by atoms with Crippen molar-refractivity contribution in [3.63, 3.8) is 0 Å². The molecule has 0 aliphatic carbocycles. The molecule has 2 nitrogen and oxygen atoms in total. The average Bonchev–Trinajstić information content (AvgIpc) is 2.13. The van der Waals surface area contributed by atoms with Gasteiger partial charge in [0.2, 0.25) is 0 Å². The zero-order valence-electron chi connectivity index (χ0n) is 7.44. The van der Waals surface area contributed by atoms with E-state index < -0.39 is 0 Å². The molecule has 0 radical (unpaired) electrons. The molecule has 0 aromatic heterocycles. The van der Waals surface area contributed by atoms with E-state index in [0.717, 1.165) is 0 Å². The predicted octanol–water partition coefficient (Wildman–Crippen LogP) is 1.43. The summed E-state index contributed by atoms with van der Waals surface area (Å²) in [6.45, 7) is 1.27. The van der Waals surface area contributed by atoms with Crippen molar-refractivity contribution in [2.24, 2.45) is 5.73 Å². The van der Waals surface area contributed by atoms with Crippen LogP contribution in [-0.2, 0) is 4.74 Å². The molecule has 1 aliphatic rings. The highest BCUT2D eigenvalue weighted by atomic mass is 16.5. The molecule has 2 N–H and O–H groups in total. The van der Waals surface area contributed by atoms with Crippen molar-refractivity contribution in [2.75, 3.05) is 13.2 Å². The molecule has 68 valence electrons. The first kappa shape index (κ1) is 8.48. The topological polar surface area (TPSA) is 35.2 Å². The Kier molecular flexibility index (Phi) is 2.17. The summed E-state index contributed by atoms with van der Waals surface area (Å²) in [4.78, 5) is 0. The molecular weight excluding hydrogens is 162 g/mol. The second-order valence-electron chi connectivity index (χ2n) is 3.47. The van der Waals surface area contributed by atoms with Gasteiger partial charge in [-0.25, -0.2) is 0 Å². The van der Waals surface area contributed by atoms with Crippen molar-refractivity contribution in [1.29, 1.82) is 0 Å². The van der Waals surface area contributed by atoms with Gasteiger partial charge in [-0.2, -0.15) is 0 Å². The maximum absolute atomic E-state index is 5.94. The molecule has 1 fully saturated rings. The van der Waals surface area contributed by atoms with Crippen LogP contribution >= 0.6 is 0 Å². The van der Waals surface area contributed by atoms with Crippen molar-refractivity contribution in [3.8, 4) is 0 Å². The zero-order chi connectivity index (χ0) is 9.15. The average molecular weight is 175 g/mol. The van der Waals surface area contributed by atoms with E-state index in [1.807, 2.05) is 30.4 Å². The first-order chi connectivity index (χ1) is 6.29. The largest absolute Gasteiger partial charge is 0.377 e. The van der Waals surface area contributed by atoms with Crippen LogP contribution in [-0.4, -0.2) is 18.8 Å². The molecule has 0 saturated carbocycles. The Labute approximate surface area is 78.0 Å². The first-order valence-corrected chi connectivity index (χ1v) is 4.39. The Morgan fingerprint density at radius 3 is 2.46 bits per heavy atom. The molecule has 0 amide bonds. The van der Waals surface area contributed by atoms with Crippen molar-refractivity contribution >= 4 is 6.08 Å². The second-order valence-corrected chi connectivity index (χ2v) is 3.47. The van der Waals surface area contributed by atoms with E-state index in [9.17, 15) is 0 Å². The summed E-state index contributed by atoms with van der Waals surface area (Å²) in [6.07, 6.45) is 4.06.